The molecular formula is C13H14Cl2N2O2. The molecule has 1 aromatic carbocycles. The molecule has 1 saturated heterocycles. The predicted octanol–water partition coefficient (Wildman–Crippen LogP) is 2.45. The fraction of sp³-hybridized carbons (Fsp3) is 0.385. The van der Waals surface area contributed by atoms with Gasteiger partial charge in [-0.05, 0) is 31.0 Å². The molecule has 1 aliphatic heterocycles. The van der Waals surface area contributed by atoms with Crippen LogP contribution >= 0.6 is 23.2 Å². The standard InChI is InChI=1S/C13H14Cl2N2O2/c1-7(9-3-2-8(14)6-10(9)15)16-13(19)11-4-5-12(18)17-11/h2-3,6-7,11H,4-5H2,1H3,(H,16,19)(H,17,18). The summed E-state index contributed by atoms with van der Waals surface area (Å²) in [4.78, 5) is 23.0. The zero-order valence-electron chi connectivity index (χ0n) is 10.4. The molecule has 1 heterocycles. The third kappa shape index (κ3) is 3.39. The first-order chi connectivity index (χ1) is 8.97. The van der Waals surface area contributed by atoms with E-state index in [1.165, 1.54) is 0 Å². The summed E-state index contributed by atoms with van der Waals surface area (Å²) in [6, 6.07) is 4.46. The van der Waals surface area contributed by atoms with Crippen molar-refractivity contribution in [2.75, 3.05) is 0 Å². The van der Waals surface area contributed by atoms with Gasteiger partial charge in [0.05, 0.1) is 6.04 Å². The highest BCUT2D eigenvalue weighted by molar-refractivity contribution is 6.35. The number of halogens is 2. The van der Waals surface area contributed by atoms with Gasteiger partial charge in [0.2, 0.25) is 11.8 Å². The lowest BCUT2D eigenvalue weighted by Crippen LogP contribution is -2.42. The Kier molecular flexibility index (Phi) is 4.32. The number of benzene rings is 1. The summed E-state index contributed by atoms with van der Waals surface area (Å²) < 4.78 is 0. The van der Waals surface area contributed by atoms with Crippen LogP contribution in [0, 0.1) is 0 Å². The average molecular weight is 301 g/mol. The number of carbonyl (C=O) groups is 2. The summed E-state index contributed by atoms with van der Waals surface area (Å²) in [6.07, 6.45) is 0.930. The lowest BCUT2D eigenvalue weighted by molar-refractivity contribution is -0.126. The normalized spacial score (nSPS) is 19.9. The van der Waals surface area contributed by atoms with E-state index in [0.29, 0.717) is 22.9 Å². The Morgan fingerprint density at radius 1 is 1.47 bits per heavy atom. The second-order valence-corrected chi connectivity index (χ2v) is 5.40. The summed E-state index contributed by atoms with van der Waals surface area (Å²) in [5, 5.41) is 6.53. The van der Waals surface area contributed by atoms with Crippen LogP contribution in [0.2, 0.25) is 10.0 Å². The van der Waals surface area contributed by atoms with Gasteiger partial charge in [-0.15, -0.1) is 0 Å². The van der Waals surface area contributed by atoms with Crippen LogP contribution in [0.4, 0.5) is 0 Å². The van der Waals surface area contributed by atoms with Gasteiger partial charge in [0.25, 0.3) is 0 Å². The van der Waals surface area contributed by atoms with Crippen LogP contribution in [0.25, 0.3) is 0 Å². The number of hydrogen-bond acceptors (Lipinski definition) is 2. The van der Waals surface area contributed by atoms with E-state index in [1.807, 2.05) is 6.92 Å². The molecule has 2 rings (SSSR count). The zero-order chi connectivity index (χ0) is 14.0. The molecule has 2 atom stereocenters. The highest BCUT2D eigenvalue weighted by Gasteiger charge is 2.28. The lowest BCUT2D eigenvalue weighted by Gasteiger charge is -2.18. The van der Waals surface area contributed by atoms with Crippen molar-refractivity contribution in [2.24, 2.45) is 0 Å². The quantitative estimate of drug-likeness (QED) is 0.901. The topological polar surface area (TPSA) is 58.2 Å². The third-order valence-corrected chi connectivity index (χ3v) is 3.66. The SMILES string of the molecule is CC(NC(=O)C1CCC(=O)N1)c1ccc(Cl)cc1Cl. The van der Waals surface area contributed by atoms with E-state index < -0.39 is 6.04 Å². The Hall–Kier alpha value is -1.26. The van der Waals surface area contributed by atoms with E-state index >= 15 is 0 Å². The van der Waals surface area contributed by atoms with E-state index in [9.17, 15) is 9.59 Å². The molecule has 0 saturated carbocycles. The van der Waals surface area contributed by atoms with Crippen LogP contribution in [0.5, 0.6) is 0 Å². The Balaban J connectivity index is 2.02. The summed E-state index contributed by atoms with van der Waals surface area (Å²) in [7, 11) is 0. The zero-order valence-corrected chi connectivity index (χ0v) is 11.9. The monoisotopic (exact) mass is 300 g/mol. The van der Waals surface area contributed by atoms with E-state index in [1.54, 1.807) is 18.2 Å². The minimum absolute atomic E-state index is 0.0858. The molecule has 0 aliphatic carbocycles. The Morgan fingerprint density at radius 3 is 2.79 bits per heavy atom. The van der Waals surface area contributed by atoms with Crippen molar-refractivity contribution < 1.29 is 9.59 Å². The van der Waals surface area contributed by atoms with E-state index in [-0.39, 0.29) is 17.9 Å². The predicted molar refractivity (Wildman–Crippen MR) is 74.2 cm³/mol. The fourth-order valence-corrected chi connectivity index (χ4v) is 2.63. The largest absolute Gasteiger partial charge is 0.348 e. The molecule has 2 amide bonds. The van der Waals surface area contributed by atoms with Crippen molar-refractivity contribution in [3.8, 4) is 0 Å². The highest BCUT2D eigenvalue weighted by Crippen LogP contribution is 2.26. The van der Waals surface area contributed by atoms with Gasteiger partial charge in [-0.25, -0.2) is 0 Å². The first-order valence-electron chi connectivity index (χ1n) is 6.02. The second-order valence-electron chi connectivity index (χ2n) is 4.55. The van der Waals surface area contributed by atoms with E-state index in [2.05, 4.69) is 10.6 Å². The first kappa shape index (κ1) is 14.2. The number of nitrogens with one attached hydrogen (secondary N) is 2. The van der Waals surface area contributed by atoms with Crippen LogP contribution < -0.4 is 10.6 Å². The van der Waals surface area contributed by atoms with Crippen molar-refractivity contribution >= 4 is 35.0 Å². The van der Waals surface area contributed by atoms with E-state index in [0.717, 1.165) is 5.56 Å². The molecule has 1 fully saturated rings. The maximum absolute atomic E-state index is 12.0. The fourth-order valence-electron chi connectivity index (χ4n) is 2.06. The minimum atomic E-state index is -0.443. The van der Waals surface area contributed by atoms with Gasteiger partial charge in [0, 0.05) is 16.5 Å². The third-order valence-electron chi connectivity index (χ3n) is 3.10. The highest BCUT2D eigenvalue weighted by atomic mass is 35.5. The minimum Gasteiger partial charge on any atom is -0.348 e. The number of carbonyl (C=O) groups excluding carboxylic acids is 2. The van der Waals surface area contributed by atoms with Crippen molar-refractivity contribution in [3.05, 3.63) is 33.8 Å². The van der Waals surface area contributed by atoms with Crippen LogP contribution in [-0.2, 0) is 9.59 Å². The first-order valence-corrected chi connectivity index (χ1v) is 6.77. The Morgan fingerprint density at radius 2 is 2.21 bits per heavy atom. The van der Waals surface area contributed by atoms with Crippen LogP contribution in [-0.4, -0.2) is 17.9 Å². The van der Waals surface area contributed by atoms with Gasteiger partial charge >= 0.3 is 0 Å². The molecule has 6 heteroatoms. The molecule has 1 aromatic rings. The number of rotatable bonds is 3. The maximum atomic E-state index is 12.0. The van der Waals surface area contributed by atoms with Crippen molar-refractivity contribution in [3.63, 3.8) is 0 Å². The Labute approximate surface area is 121 Å². The Bertz CT molecular complexity index is 519. The summed E-state index contributed by atoms with van der Waals surface area (Å²) >= 11 is 11.9. The smallest absolute Gasteiger partial charge is 0.243 e. The maximum Gasteiger partial charge on any atom is 0.243 e. The van der Waals surface area contributed by atoms with Crippen molar-refractivity contribution in [1.29, 1.82) is 0 Å². The van der Waals surface area contributed by atoms with E-state index in [4.69, 9.17) is 23.2 Å². The van der Waals surface area contributed by atoms with Crippen molar-refractivity contribution in [2.45, 2.75) is 31.8 Å². The second kappa shape index (κ2) is 5.80. The molecule has 1 aliphatic rings. The molecule has 0 spiro atoms. The lowest BCUT2D eigenvalue weighted by atomic mass is 10.1. The molecule has 4 nitrogen and oxygen atoms in total. The van der Waals surface area contributed by atoms with Crippen LogP contribution in [0.15, 0.2) is 18.2 Å². The molecule has 0 aromatic heterocycles. The van der Waals surface area contributed by atoms with Gasteiger partial charge in [0.1, 0.15) is 6.04 Å². The van der Waals surface area contributed by atoms with Gasteiger partial charge in [-0.3, -0.25) is 9.59 Å². The molecule has 19 heavy (non-hydrogen) atoms. The number of hydrogen-bond donors (Lipinski definition) is 2. The molecule has 0 bridgehead atoms. The molecule has 2 N–H and O–H groups in total. The number of amides is 2. The molecule has 102 valence electrons. The summed E-state index contributed by atoms with van der Waals surface area (Å²) in [5.41, 5.74) is 0.795. The van der Waals surface area contributed by atoms with Gasteiger partial charge in [-0.2, -0.15) is 0 Å². The average Bonchev–Trinajstić information content (AvgIpc) is 2.75. The molecule has 0 radical (unpaired) electrons. The molecular weight excluding hydrogens is 287 g/mol. The summed E-state index contributed by atoms with van der Waals surface area (Å²) in [6.45, 7) is 1.84. The summed E-state index contributed by atoms with van der Waals surface area (Å²) in [5.74, 6) is -0.276. The van der Waals surface area contributed by atoms with Gasteiger partial charge in [-0.1, -0.05) is 29.3 Å². The van der Waals surface area contributed by atoms with Gasteiger partial charge < -0.3 is 10.6 Å². The molecule has 2 unspecified atom stereocenters. The van der Waals surface area contributed by atoms with Crippen LogP contribution in [0.3, 0.4) is 0 Å². The van der Waals surface area contributed by atoms with Crippen LogP contribution in [0.1, 0.15) is 31.4 Å². The van der Waals surface area contributed by atoms with Crippen molar-refractivity contribution in [1.82, 2.24) is 10.6 Å². The van der Waals surface area contributed by atoms with Gasteiger partial charge in [0.15, 0.2) is 0 Å².